The predicted molar refractivity (Wildman–Crippen MR) is 114 cm³/mol. The molecule has 2 aromatic carbocycles. The monoisotopic (exact) mass is 465 g/mol. The van der Waals surface area contributed by atoms with E-state index in [4.69, 9.17) is 17.3 Å². The third kappa shape index (κ3) is 4.58. The predicted octanol–water partition coefficient (Wildman–Crippen LogP) is 2.27. The van der Waals surface area contributed by atoms with Crippen molar-refractivity contribution in [1.82, 2.24) is 5.32 Å². The molecule has 2 aliphatic rings. The number of nitrogens with one attached hydrogen (secondary N) is 1. The van der Waals surface area contributed by atoms with E-state index in [1.165, 1.54) is 4.90 Å². The lowest BCUT2D eigenvalue weighted by Gasteiger charge is -2.25. The van der Waals surface area contributed by atoms with Crippen molar-refractivity contribution in [1.29, 1.82) is 0 Å². The molecule has 10 heteroatoms. The summed E-state index contributed by atoms with van der Waals surface area (Å²) in [6, 6.07) is 7.25. The van der Waals surface area contributed by atoms with Crippen LogP contribution in [0.15, 0.2) is 41.3 Å². The second kappa shape index (κ2) is 8.22. The van der Waals surface area contributed by atoms with Gasteiger partial charge in [-0.1, -0.05) is 23.7 Å². The van der Waals surface area contributed by atoms with Gasteiger partial charge in [0.15, 0.2) is 9.84 Å². The molecule has 4 rings (SSSR count). The Hall–Kier alpha value is -2.49. The van der Waals surface area contributed by atoms with Crippen LogP contribution in [-0.2, 0) is 21.2 Å². The molecule has 2 amide bonds. The number of anilines is 1. The van der Waals surface area contributed by atoms with Gasteiger partial charge in [0.05, 0.1) is 34.5 Å². The van der Waals surface area contributed by atoms with Crippen LogP contribution >= 0.6 is 11.6 Å². The first-order valence-corrected chi connectivity index (χ1v) is 11.8. The quantitative estimate of drug-likeness (QED) is 0.704. The van der Waals surface area contributed by atoms with E-state index in [1.807, 2.05) is 0 Å². The van der Waals surface area contributed by atoms with E-state index in [9.17, 15) is 22.4 Å². The SMILES string of the molecule is N[C@H]1CS(=O)(=O)c2cc(F)c(C(=O)NCC3CC3)cc2N(Cc2ccc(Cl)cc2)C1=O. The summed E-state index contributed by atoms with van der Waals surface area (Å²) in [6.45, 7) is 0.410. The summed E-state index contributed by atoms with van der Waals surface area (Å²) in [5, 5.41) is 3.17. The smallest absolute Gasteiger partial charge is 0.254 e. The van der Waals surface area contributed by atoms with Crippen LogP contribution in [0.25, 0.3) is 0 Å². The minimum atomic E-state index is -4.05. The fourth-order valence-corrected chi connectivity index (χ4v) is 5.18. The van der Waals surface area contributed by atoms with Crippen molar-refractivity contribution in [2.24, 2.45) is 11.7 Å². The number of fused-ring (bicyclic) bond motifs is 1. The summed E-state index contributed by atoms with van der Waals surface area (Å²) in [5.74, 6) is -2.52. The van der Waals surface area contributed by atoms with Gasteiger partial charge in [0, 0.05) is 11.6 Å². The van der Waals surface area contributed by atoms with Crippen LogP contribution < -0.4 is 16.0 Å². The maximum atomic E-state index is 14.8. The Balaban J connectivity index is 1.79. The van der Waals surface area contributed by atoms with Crippen LogP contribution in [0.2, 0.25) is 5.02 Å². The minimum absolute atomic E-state index is 0.0129. The van der Waals surface area contributed by atoms with Crippen molar-refractivity contribution in [2.45, 2.75) is 30.3 Å². The molecule has 1 fully saturated rings. The lowest BCUT2D eigenvalue weighted by Crippen LogP contribution is -2.45. The molecule has 164 valence electrons. The first kappa shape index (κ1) is 21.7. The Morgan fingerprint density at radius 1 is 1.23 bits per heavy atom. The zero-order valence-electron chi connectivity index (χ0n) is 16.5. The third-order valence-electron chi connectivity index (χ3n) is 5.40. The molecule has 1 aliphatic carbocycles. The first-order chi connectivity index (χ1) is 14.7. The number of nitrogens with zero attached hydrogens (tertiary/aromatic N) is 1. The van der Waals surface area contributed by atoms with Gasteiger partial charge in [0.1, 0.15) is 5.82 Å². The maximum absolute atomic E-state index is 14.8. The molecular weight excluding hydrogens is 445 g/mol. The number of halogens is 2. The molecule has 0 saturated heterocycles. The molecule has 1 saturated carbocycles. The Labute approximate surface area is 184 Å². The van der Waals surface area contributed by atoms with Gasteiger partial charge < -0.3 is 16.0 Å². The zero-order chi connectivity index (χ0) is 22.3. The lowest BCUT2D eigenvalue weighted by molar-refractivity contribution is -0.119. The van der Waals surface area contributed by atoms with Crippen LogP contribution in [0, 0.1) is 11.7 Å². The van der Waals surface area contributed by atoms with E-state index in [-0.39, 0.29) is 22.7 Å². The highest BCUT2D eigenvalue weighted by atomic mass is 35.5. The Kier molecular flexibility index (Phi) is 5.76. The molecule has 1 heterocycles. The molecule has 3 N–H and O–H groups in total. The van der Waals surface area contributed by atoms with Gasteiger partial charge >= 0.3 is 0 Å². The number of carbonyl (C=O) groups is 2. The highest BCUT2D eigenvalue weighted by Crippen LogP contribution is 2.34. The van der Waals surface area contributed by atoms with Crippen LogP contribution in [-0.4, -0.2) is 38.6 Å². The van der Waals surface area contributed by atoms with Gasteiger partial charge in [-0.2, -0.15) is 0 Å². The number of sulfone groups is 1. The number of amides is 2. The second-order valence-corrected chi connectivity index (χ2v) is 10.3. The van der Waals surface area contributed by atoms with E-state index >= 15 is 0 Å². The highest BCUT2D eigenvalue weighted by Gasteiger charge is 2.37. The number of hydrogen-bond donors (Lipinski definition) is 2. The van der Waals surface area contributed by atoms with E-state index < -0.39 is 39.3 Å². The molecule has 0 unspecified atom stereocenters. The second-order valence-electron chi connectivity index (χ2n) is 7.89. The standard InChI is InChI=1S/C21H21ClFN3O4S/c22-14-5-3-13(4-6-14)10-26-18-7-15(20(27)25-9-12-1-2-12)16(23)8-19(18)31(29,30)11-17(24)21(26)28/h3-8,12,17H,1-2,9-11,24H2,(H,25,27)/t17-/m0/s1. The maximum Gasteiger partial charge on any atom is 0.254 e. The summed E-state index contributed by atoms with van der Waals surface area (Å²) in [5.41, 5.74) is 6.14. The van der Waals surface area contributed by atoms with E-state index in [0.717, 1.165) is 25.0 Å². The van der Waals surface area contributed by atoms with Gasteiger partial charge in [0.2, 0.25) is 5.91 Å². The molecule has 2 aromatic rings. The zero-order valence-corrected chi connectivity index (χ0v) is 18.0. The van der Waals surface area contributed by atoms with Crippen LogP contribution in [0.1, 0.15) is 28.8 Å². The molecule has 0 aromatic heterocycles. The van der Waals surface area contributed by atoms with E-state index in [0.29, 0.717) is 23.0 Å². The number of carbonyl (C=O) groups excluding carboxylic acids is 2. The molecule has 1 atom stereocenters. The summed E-state index contributed by atoms with van der Waals surface area (Å²) in [7, 11) is -4.05. The minimum Gasteiger partial charge on any atom is -0.352 e. The number of nitrogens with two attached hydrogens (primary N) is 1. The van der Waals surface area contributed by atoms with Crippen molar-refractivity contribution in [3.8, 4) is 0 Å². The molecular formula is C21H21ClFN3O4S. The van der Waals surface area contributed by atoms with Crippen LogP contribution in [0.3, 0.4) is 0 Å². The van der Waals surface area contributed by atoms with Gasteiger partial charge in [0.25, 0.3) is 5.91 Å². The van der Waals surface area contributed by atoms with E-state index in [2.05, 4.69) is 5.32 Å². The summed E-state index contributed by atoms with van der Waals surface area (Å²) in [4.78, 5) is 26.3. The van der Waals surface area contributed by atoms with Crippen molar-refractivity contribution in [2.75, 3.05) is 17.2 Å². The van der Waals surface area contributed by atoms with Gasteiger partial charge in [-0.25, -0.2) is 12.8 Å². The van der Waals surface area contributed by atoms with Crippen molar-refractivity contribution in [3.63, 3.8) is 0 Å². The average molecular weight is 466 g/mol. The summed E-state index contributed by atoms with van der Waals surface area (Å²) >= 11 is 5.91. The molecule has 1 aliphatic heterocycles. The fourth-order valence-electron chi connectivity index (χ4n) is 3.48. The van der Waals surface area contributed by atoms with E-state index in [1.54, 1.807) is 24.3 Å². The molecule has 31 heavy (non-hydrogen) atoms. The number of benzene rings is 2. The molecule has 0 radical (unpaired) electrons. The third-order valence-corrected chi connectivity index (χ3v) is 7.45. The van der Waals surface area contributed by atoms with Crippen molar-refractivity contribution in [3.05, 3.63) is 58.4 Å². The first-order valence-electron chi connectivity index (χ1n) is 9.81. The molecule has 0 spiro atoms. The van der Waals surface area contributed by atoms with Crippen molar-refractivity contribution >= 4 is 38.9 Å². The van der Waals surface area contributed by atoms with Crippen LogP contribution in [0.5, 0.6) is 0 Å². The fraction of sp³-hybridized carbons (Fsp3) is 0.333. The summed E-state index contributed by atoms with van der Waals surface area (Å²) < 4.78 is 40.4. The van der Waals surface area contributed by atoms with Gasteiger partial charge in [-0.3, -0.25) is 9.59 Å². The van der Waals surface area contributed by atoms with Gasteiger partial charge in [-0.15, -0.1) is 0 Å². The normalized spacial score (nSPS) is 20.2. The average Bonchev–Trinajstić information content (AvgIpc) is 3.55. The Morgan fingerprint density at radius 2 is 1.90 bits per heavy atom. The lowest BCUT2D eigenvalue weighted by atomic mass is 10.1. The summed E-state index contributed by atoms with van der Waals surface area (Å²) in [6.07, 6.45) is 2.01. The number of hydrogen-bond acceptors (Lipinski definition) is 5. The Bertz CT molecular complexity index is 1150. The van der Waals surface area contributed by atoms with Crippen LogP contribution in [0.4, 0.5) is 10.1 Å². The van der Waals surface area contributed by atoms with Crippen molar-refractivity contribution < 1.29 is 22.4 Å². The molecule has 0 bridgehead atoms. The van der Waals surface area contributed by atoms with Gasteiger partial charge in [-0.05, 0) is 48.6 Å². The Morgan fingerprint density at radius 3 is 2.55 bits per heavy atom. The highest BCUT2D eigenvalue weighted by molar-refractivity contribution is 7.91. The topological polar surface area (TPSA) is 110 Å². The number of rotatable bonds is 5. The molecule has 7 nitrogen and oxygen atoms in total. The largest absolute Gasteiger partial charge is 0.352 e.